The van der Waals surface area contributed by atoms with E-state index < -0.39 is 0 Å². The summed E-state index contributed by atoms with van der Waals surface area (Å²) >= 11 is 0. The molecule has 1 N–H and O–H groups in total. The van der Waals surface area contributed by atoms with E-state index in [0.29, 0.717) is 0 Å². The van der Waals surface area contributed by atoms with Gasteiger partial charge < -0.3 is 10.1 Å². The number of esters is 1. The molecule has 3 heteroatoms. The van der Waals surface area contributed by atoms with Gasteiger partial charge in [-0.2, -0.15) is 0 Å². The van der Waals surface area contributed by atoms with Crippen molar-refractivity contribution in [1.82, 2.24) is 0 Å². The molecule has 0 aliphatic rings. The number of carbonyl (C=O) groups excluding carboxylic acids is 1. The number of hydrogen-bond acceptors (Lipinski definition) is 3. The first-order valence-corrected chi connectivity index (χ1v) is 8.83. The van der Waals surface area contributed by atoms with E-state index in [4.69, 9.17) is 10.1 Å². The van der Waals surface area contributed by atoms with Crippen LogP contribution in [0.25, 0.3) is 0 Å². The SMILES string of the molecule is CC/C=C(/C=C(C=N)/C(/C=C\C(C)=C(C)C)=C(\C)CC)COC(C)=O. The zero-order valence-electron chi connectivity index (χ0n) is 16.8. The Balaban J connectivity index is 5.93. The Morgan fingerprint density at radius 2 is 1.68 bits per heavy atom. The molecule has 0 bridgehead atoms. The molecule has 0 aromatic heterocycles. The van der Waals surface area contributed by atoms with Crippen LogP contribution in [0.4, 0.5) is 0 Å². The van der Waals surface area contributed by atoms with Crippen molar-refractivity contribution in [3.05, 3.63) is 57.7 Å². The lowest BCUT2D eigenvalue weighted by Crippen LogP contribution is -2.03. The summed E-state index contributed by atoms with van der Waals surface area (Å²) in [5.41, 5.74) is 6.48. The topological polar surface area (TPSA) is 50.1 Å². The molecule has 0 aliphatic carbocycles. The number of hydrogen-bond donors (Lipinski definition) is 1. The molecule has 25 heavy (non-hydrogen) atoms. The highest BCUT2D eigenvalue weighted by molar-refractivity contribution is 5.85. The van der Waals surface area contributed by atoms with Crippen molar-refractivity contribution in [1.29, 1.82) is 5.41 Å². The van der Waals surface area contributed by atoms with Crippen molar-refractivity contribution in [3.63, 3.8) is 0 Å². The Morgan fingerprint density at radius 1 is 1.04 bits per heavy atom. The van der Waals surface area contributed by atoms with Gasteiger partial charge in [-0.3, -0.25) is 4.79 Å². The van der Waals surface area contributed by atoms with Gasteiger partial charge in [0, 0.05) is 13.1 Å². The second-order valence-electron chi connectivity index (χ2n) is 6.28. The molecule has 0 aromatic rings. The third-order valence-corrected chi connectivity index (χ3v) is 3.99. The van der Waals surface area contributed by atoms with Crippen LogP contribution in [0.5, 0.6) is 0 Å². The molecule has 0 aromatic carbocycles. The third kappa shape index (κ3) is 9.04. The Hall–Kier alpha value is -2.16. The van der Waals surface area contributed by atoms with E-state index >= 15 is 0 Å². The molecule has 0 fully saturated rings. The zero-order valence-corrected chi connectivity index (χ0v) is 16.8. The normalized spacial score (nSPS) is 13.6. The summed E-state index contributed by atoms with van der Waals surface area (Å²) in [6, 6.07) is 0. The first-order valence-electron chi connectivity index (χ1n) is 8.83. The summed E-state index contributed by atoms with van der Waals surface area (Å²) in [5, 5.41) is 7.86. The van der Waals surface area contributed by atoms with E-state index in [2.05, 4.69) is 46.8 Å². The minimum Gasteiger partial charge on any atom is -0.461 e. The summed E-state index contributed by atoms with van der Waals surface area (Å²) < 4.78 is 5.13. The first-order chi connectivity index (χ1) is 11.8. The van der Waals surface area contributed by atoms with Crippen LogP contribution >= 0.6 is 0 Å². The fourth-order valence-corrected chi connectivity index (χ4v) is 2.05. The van der Waals surface area contributed by atoms with Crippen molar-refractivity contribution in [2.75, 3.05) is 6.61 Å². The Bertz CT molecular complexity index is 624. The van der Waals surface area contributed by atoms with Gasteiger partial charge in [-0.25, -0.2) is 0 Å². The van der Waals surface area contributed by atoms with E-state index in [0.717, 1.165) is 29.6 Å². The molecule has 3 nitrogen and oxygen atoms in total. The predicted octanol–water partition coefficient (Wildman–Crippen LogP) is 6.10. The van der Waals surface area contributed by atoms with Crippen molar-refractivity contribution in [2.45, 2.75) is 61.3 Å². The Kier molecular flexibility index (Phi) is 11.2. The molecular weight excluding hydrogens is 310 g/mol. The minimum absolute atomic E-state index is 0.232. The number of rotatable bonds is 9. The van der Waals surface area contributed by atoms with Crippen molar-refractivity contribution in [2.24, 2.45) is 0 Å². The molecule has 0 radical (unpaired) electrons. The summed E-state index contributed by atoms with van der Waals surface area (Å²) in [7, 11) is 0. The van der Waals surface area contributed by atoms with Crippen LogP contribution in [0.3, 0.4) is 0 Å². The molecule has 0 spiro atoms. The van der Waals surface area contributed by atoms with Crippen LogP contribution in [0.2, 0.25) is 0 Å². The van der Waals surface area contributed by atoms with Crippen LogP contribution in [-0.4, -0.2) is 18.8 Å². The highest BCUT2D eigenvalue weighted by atomic mass is 16.5. The standard InChI is InChI=1S/C22H33NO2/c1-8-10-20(15-25-19(7)24)13-21(14-23)22(17(5)9-2)12-11-18(6)16(3)4/h10-14,23H,8-9,15H2,1-7H3/b12-11-,20-10-,21-13+,22-17+,23-14?. The van der Waals surface area contributed by atoms with Gasteiger partial charge >= 0.3 is 5.97 Å². The largest absolute Gasteiger partial charge is 0.461 e. The maximum atomic E-state index is 11.1. The van der Waals surface area contributed by atoms with Crippen LogP contribution in [-0.2, 0) is 9.53 Å². The predicted molar refractivity (Wildman–Crippen MR) is 108 cm³/mol. The monoisotopic (exact) mass is 343 g/mol. The van der Waals surface area contributed by atoms with Gasteiger partial charge in [0.15, 0.2) is 0 Å². The average Bonchev–Trinajstić information content (AvgIpc) is 2.57. The van der Waals surface area contributed by atoms with Crippen molar-refractivity contribution < 1.29 is 9.53 Å². The smallest absolute Gasteiger partial charge is 0.302 e. The van der Waals surface area contributed by atoms with Gasteiger partial charge in [0.1, 0.15) is 6.61 Å². The van der Waals surface area contributed by atoms with Gasteiger partial charge in [-0.15, -0.1) is 0 Å². The summed E-state index contributed by atoms with van der Waals surface area (Å²) in [6.45, 7) is 14.1. The Labute approximate surface area is 153 Å². The van der Waals surface area contributed by atoms with Crippen molar-refractivity contribution in [3.8, 4) is 0 Å². The second kappa shape index (κ2) is 12.2. The molecule has 0 aliphatic heterocycles. The second-order valence-corrected chi connectivity index (χ2v) is 6.28. The minimum atomic E-state index is -0.300. The lowest BCUT2D eigenvalue weighted by molar-refractivity contribution is -0.139. The molecule has 0 atom stereocenters. The van der Waals surface area contributed by atoms with Crippen LogP contribution in [0, 0.1) is 5.41 Å². The third-order valence-electron chi connectivity index (χ3n) is 3.99. The number of carbonyl (C=O) groups is 1. The summed E-state index contributed by atoms with van der Waals surface area (Å²) in [4.78, 5) is 11.1. The van der Waals surface area contributed by atoms with Gasteiger partial charge in [-0.1, -0.05) is 48.8 Å². The lowest BCUT2D eigenvalue weighted by atomic mass is 9.96. The van der Waals surface area contributed by atoms with Crippen LogP contribution in [0.1, 0.15) is 61.3 Å². The van der Waals surface area contributed by atoms with E-state index in [9.17, 15) is 4.79 Å². The van der Waals surface area contributed by atoms with Crippen LogP contribution in [0.15, 0.2) is 57.7 Å². The number of ether oxygens (including phenoxy) is 1. The molecule has 0 amide bonds. The first kappa shape index (κ1) is 22.8. The van der Waals surface area contributed by atoms with E-state index in [1.807, 2.05) is 19.1 Å². The zero-order chi connectivity index (χ0) is 19.4. The fourth-order valence-electron chi connectivity index (χ4n) is 2.05. The van der Waals surface area contributed by atoms with Gasteiger partial charge in [-0.05, 0) is 63.3 Å². The maximum absolute atomic E-state index is 11.1. The van der Waals surface area contributed by atoms with Gasteiger partial charge in [0.25, 0.3) is 0 Å². The molecule has 138 valence electrons. The van der Waals surface area contributed by atoms with E-state index in [-0.39, 0.29) is 12.6 Å². The quantitative estimate of drug-likeness (QED) is 0.312. The molecule has 0 rings (SSSR count). The summed E-state index contributed by atoms with van der Waals surface area (Å²) in [5.74, 6) is -0.300. The lowest BCUT2D eigenvalue weighted by Gasteiger charge is -2.11. The van der Waals surface area contributed by atoms with E-state index in [1.54, 1.807) is 0 Å². The molecule has 0 unspecified atom stereocenters. The molecule has 0 saturated heterocycles. The molecule has 0 saturated carbocycles. The maximum Gasteiger partial charge on any atom is 0.302 e. The number of nitrogens with one attached hydrogen (secondary N) is 1. The average molecular weight is 344 g/mol. The highest BCUT2D eigenvalue weighted by Gasteiger charge is 2.06. The number of allylic oxidation sites excluding steroid dienone is 8. The van der Waals surface area contributed by atoms with Crippen molar-refractivity contribution >= 4 is 12.2 Å². The van der Waals surface area contributed by atoms with Gasteiger partial charge in [0.05, 0.1) is 0 Å². The molecular formula is C22H33NO2. The fraction of sp³-hybridized carbons (Fsp3) is 0.455. The highest BCUT2D eigenvalue weighted by Crippen LogP contribution is 2.21. The molecule has 0 heterocycles. The van der Waals surface area contributed by atoms with Gasteiger partial charge in [0.2, 0.25) is 0 Å². The Morgan fingerprint density at radius 3 is 2.12 bits per heavy atom. The summed E-state index contributed by atoms with van der Waals surface area (Å²) in [6.07, 6.45) is 11.3. The van der Waals surface area contributed by atoms with Crippen LogP contribution < -0.4 is 0 Å². The van der Waals surface area contributed by atoms with E-state index in [1.165, 1.54) is 29.9 Å².